The van der Waals surface area contributed by atoms with Gasteiger partial charge in [-0.1, -0.05) is 35.3 Å². The van der Waals surface area contributed by atoms with E-state index in [-0.39, 0.29) is 6.04 Å². The summed E-state index contributed by atoms with van der Waals surface area (Å²) in [6.07, 6.45) is 1.66. The highest BCUT2D eigenvalue weighted by Crippen LogP contribution is 2.30. The number of rotatable bonds is 3. The zero-order valence-corrected chi connectivity index (χ0v) is 11.2. The molecule has 1 unspecified atom stereocenters. The maximum Gasteiger partial charge on any atom is 0.218 e. The highest BCUT2D eigenvalue weighted by Gasteiger charge is 2.15. The van der Waals surface area contributed by atoms with Crippen molar-refractivity contribution in [2.24, 2.45) is 5.73 Å². The number of benzene rings is 1. The van der Waals surface area contributed by atoms with Crippen molar-refractivity contribution in [1.29, 1.82) is 0 Å². The molecule has 0 amide bonds. The zero-order chi connectivity index (χ0) is 13.1. The number of methoxy groups -OCH3 is 1. The number of ether oxygens (including phenoxy) is 1. The first-order valence-electron chi connectivity index (χ1n) is 5.33. The van der Waals surface area contributed by atoms with Gasteiger partial charge in [-0.05, 0) is 23.8 Å². The van der Waals surface area contributed by atoms with Crippen LogP contribution in [0.1, 0.15) is 17.2 Å². The Morgan fingerprint density at radius 1 is 1.22 bits per heavy atom. The molecule has 0 aliphatic rings. The number of hydrogen-bond donors (Lipinski definition) is 1. The van der Waals surface area contributed by atoms with Gasteiger partial charge in [0.05, 0.1) is 23.2 Å². The molecule has 0 saturated carbocycles. The van der Waals surface area contributed by atoms with Gasteiger partial charge < -0.3 is 10.5 Å². The molecule has 3 nitrogen and oxygen atoms in total. The number of aromatic nitrogens is 1. The summed E-state index contributed by atoms with van der Waals surface area (Å²) in [4.78, 5) is 4.12. The molecule has 0 bridgehead atoms. The van der Waals surface area contributed by atoms with Crippen LogP contribution in [0.3, 0.4) is 0 Å². The minimum absolute atomic E-state index is 0.358. The number of pyridine rings is 1. The number of halogens is 2. The van der Waals surface area contributed by atoms with E-state index in [9.17, 15) is 0 Å². The maximum absolute atomic E-state index is 6.19. The van der Waals surface area contributed by atoms with Gasteiger partial charge in [0.25, 0.3) is 0 Å². The first-order chi connectivity index (χ1) is 8.63. The first-order valence-corrected chi connectivity index (χ1v) is 6.08. The summed E-state index contributed by atoms with van der Waals surface area (Å²) in [5.74, 6) is 0.510. The highest BCUT2D eigenvalue weighted by molar-refractivity contribution is 6.42. The van der Waals surface area contributed by atoms with Crippen molar-refractivity contribution in [3.63, 3.8) is 0 Å². The van der Waals surface area contributed by atoms with E-state index in [4.69, 9.17) is 33.7 Å². The molecule has 0 saturated heterocycles. The van der Waals surface area contributed by atoms with Crippen LogP contribution < -0.4 is 10.5 Å². The van der Waals surface area contributed by atoms with E-state index in [2.05, 4.69) is 4.98 Å². The van der Waals surface area contributed by atoms with Gasteiger partial charge in [-0.2, -0.15) is 0 Å². The number of nitrogens with two attached hydrogens (primary N) is 1. The number of nitrogens with zero attached hydrogens (tertiary/aromatic N) is 1. The van der Waals surface area contributed by atoms with Crippen LogP contribution in [0.25, 0.3) is 0 Å². The Morgan fingerprint density at radius 2 is 2.00 bits per heavy atom. The average Bonchev–Trinajstić information content (AvgIpc) is 2.41. The molecule has 0 fully saturated rings. The van der Waals surface area contributed by atoms with E-state index < -0.39 is 0 Å². The topological polar surface area (TPSA) is 48.1 Å². The second-order valence-corrected chi connectivity index (χ2v) is 4.57. The van der Waals surface area contributed by atoms with Crippen LogP contribution in [0, 0.1) is 0 Å². The normalized spacial score (nSPS) is 12.2. The molecule has 0 aliphatic carbocycles. The third-order valence-electron chi connectivity index (χ3n) is 2.63. The summed E-state index contributed by atoms with van der Waals surface area (Å²) in [5, 5.41) is 0.984. The second kappa shape index (κ2) is 5.57. The standard InChI is InChI=1S/C13H12Cl2N2O/c1-18-13-9(3-2-6-17-13)12(16)8-4-5-10(14)11(15)7-8/h2-7,12H,16H2,1H3. The SMILES string of the molecule is COc1ncccc1C(N)c1ccc(Cl)c(Cl)c1. The van der Waals surface area contributed by atoms with Crippen LogP contribution >= 0.6 is 23.2 Å². The fraction of sp³-hybridized carbons (Fsp3) is 0.154. The summed E-state index contributed by atoms with van der Waals surface area (Å²) < 4.78 is 5.19. The molecule has 2 rings (SSSR count). The van der Waals surface area contributed by atoms with Crippen LogP contribution in [-0.2, 0) is 0 Å². The molecule has 2 aromatic rings. The van der Waals surface area contributed by atoms with Crippen LogP contribution in [0.4, 0.5) is 0 Å². The van der Waals surface area contributed by atoms with Gasteiger partial charge in [-0.3, -0.25) is 0 Å². The van der Waals surface area contributed by atoms with Crippen molar-refractivity contribution in [2.75, 3.05) is 7.11 Å². The van der Waals surface area contributed by atoms with Crippen molar-refractivity contribution in [1.82, 2.24) is 4.98 Å². The Labute approximate surface area is 115 Å². The summed E-state index contributed by atoms with van der Waals surface area (Å²) >= 11 is 11.9. The summed E-state index contributed by atoms with van der Waals surface area (Å²) in [7, 11) is 1.56. The Morgan fingerprint density at radius 3 is 2.67 bits per heavy atom. The monoisotopic (exact) mass is 282 g/mol. The second-order valence-electron chi connectivity index (χ2n) is 3.75. The molecular weight excluding hydrogens is 271 g/mol. The molecule has 18 heavy (non-hydrogen) atoms. The van der Waals surface area contributed by atoms with Gasteiger partial charge >= 0.3 is 0 Å². The zero-order valence-electron chi connectivity index (χ0n) is 9.73. The molecule has 1 aromatic carbocycles. The van der Waals surface area contributed by atoms with Gasteiger partial charge in [0.1, 0.15) is 0 Å². The first kappa shape index (κ1) is 13.1. The van der Waals surface area contributed by atoms with Crippen molar-refractivity contribution in [3.05, 3.63) is 57.7 Å². The minimum Gasteiger partial charge on any atom is -0.481 e. The van der Waals surface area contributed by atoms with Gasteiger partial charge in [0.15, 0.2) is 0 Å². The van der Waals surface area contributed by atoms with E-state index >= 15 is 0 Å². The van der Waals surface area contributed by atoms with Crippen LogP contribution in [0.2, 0.25) is 10.0 Å². The molecule has 1 heterocycles. The largest absolute Gasteiger partial charge is 0.481 e. The smallest absolute Gasteiger partial charge is 0.218 e. The third kappa shape index (κ3) is 2.58. The Hall–Kier alpha value is -1.29. The van der Waals surface area contributed by atoms with Gasteiger partial charge in [0.2, 0.25) is 5.88 Å². The minimum atomic E-state index is -0.358. The average molecular weight is 283 g/mol. The van der Waals surface area contributed by atoms with Crippen molar-refractivity contribution < 1.29 is 4.74 Å². The molecule has 1 aromatic heterocycles. The maximum atomic E-state index is 6.19. The van der Waals surface area contributed by atoms with Crippen molar-refractivity contribution >= 4 is 23.2 Å². The van der Waals surface area contributed by atoms with Gasteiger partial charge in [-0.25, -0.2) is 4.98 Å². The highest BCUT2D eigenvalue weighted by atomic mass is 35.5. The Bertz CT molecular complexity index is 560. The summed E-state index contributed by atoms with van der Waals surface area (Å²) in [6, 6.07) is 8.64. The molecule has 0 aliphatic heterocycles. The molecule has 5 heteroatoms. The molecule has 94 valence electrons. The lowest BCUT2D eigenvalue weighted by molar-refractivity contribution is 0.390. The fourth-order valence-electron chi connectivity index (χ4n) is 1.70. The van der Waals surface area contributed by atoms with Gasteiger partial charge in [-0.15, -0.1) is 0 Å². The molecule has 0 radical (unpaired) electrons. The lowest BCUT2D eigenvalue weighted by Gasteiger charge is -2.15. The predicted molar refractivity (Wildman–Crippen MR) is 73.3 cm³/mol. The van der Waals surface area contributed by atoms with E-state index in [0.29, 0.717) is 15.9 Å². The molecular formula is C13H12Cl2N2O. The summed E-state index contributed by atoms with van der Waals surface area (Å²) in [6.45, 7) is 0. The van der Waals surface area contributed by atoms with E-state index in [0.717, 1.165) is 11.1 Å². The number of hydrogen-bond acceptors (Lipinski definition) is 3. The molecule has 0 spiro atoms. The van der Waals surface area contributed by atoms with Crippen LogP contribution in [-0.4, -0.2) is 12.1 Å². The predicted octanol–water partition coefficient (Wildman–Crippen LogP) is 3.45. The van der Waals surface area contributed by atoms with E-state index in [1.807, 2.05) is 18.2 Å². The van der Waals surface area contributed by atoms with Gasteiger partial charge in [0, 0.05) is 11.8 Å². The molecule has 2 N–H and O–H groups in total. The van der Waals surface area contributed by atoms with E-state index in [1.165, 1.54) is 0 Å². The van der Waals surface area contributed by atoms with Crippen molar-refractivity contribution in [3.8, 4) is 5.88 Å². The van der Waals surface area contributed by atoms with Crippen LogP contribution in [0.5, 0.6) is 5.88 Å². The lowest BCUT2D eigenvalue weighted by atomic mass is 10.0. The quantitative estimate of drug-likeness (QED) is 0.938. The van der Waals surface area contributed by atoms with Crippen molar-refractivity contribution in [2.45, 2.75) is 6.04 Å². The van der Waals surface area contributed by atoms with Crippen LogP contribution in [0.15, 0.2) is 36.5 Å². The Kier molecular flexibility index (Phi) is 4.07. The fourth-order valence-corrected chi connectivity index (χ4v) is 2.00. The summed E-state index contributed by atoms with van der Waals surface area (Å²) in [5.41, 5.74) is 7.85. The Balaban J connectivity index is 2.41. The lowest BCUT2D eigenvalue weighted by Crippen LogP contribution is -2.13. The molecule has 1 atom stereocenters. The van der Waals surface area contributed by atoms with E-state index in [1.54, 1.807) is 25.4 Å². The third-order valence-corrected chi connectivity index (χ3v) is 3.37.